The van der Waals surface area contributed by atoms with Crippen molar-refractivity contribution in [3.05, 3.63) is 58.3 Å². The zero-order chi connectivity index (χ0) is 13.1. The predicted octanol–water partition coefficient (Wildman–Crippen LogP) is 4.40. The Morgan fingerprint density at radius 3 is 2.44 bits per heavy atom. The van der Waals surface area contributed by atoms with Crippen LogP contribution in [0.3, 0.4) is 0 Å². The van der Waals surface area contributed by atoms with Gasteiger partial charge in [0.2, 0.25) is 0 Å². The molecule has 4 heteroatoms. The molecule has 0 amide bonds. The average Bonchev–Trinajstić information content (AvgIpc) is 2.34. The molecule has 2 aromatic rings. The van der Waals surface area contributed by atoms with Crippen molar-refractivity contribution < 1.29 is 9.13 Å². The van der Waals surface area contributed by atoms with Crippen molar-refractivity contribution in [1.82, 2.24) is 0 Å². The molecule has 1 atom stereocenters. The van der Waals surface area contributed by atoms with Crippen molar-refractivity contribution in [2.24, 2.45) is 5.73 Å². The van der Waals surface area contributed by atoms with Crippen LogP contribution in [0.2, 0.25) is 0 Å². The molecule has 0 aromatic heterocycles. The summed E-state index contributed by atoms with van der Waals surface area (Å²) in [6.07, 6.45) is 0. The van der Waals surface area contributed by atoms with E-state index in [1.54, 1.807) is 24.3 Å². The van der Waals surface area contributed by atoms with Gasteiger partial charge in [-0.3, -0.25) is 0 Å². The van der Waals surface area contributed by atoms with E-state index in [1.165, 1.54) is 6.07 Å². The van der Waals surface area contributed by atoms with Gasteiger partial charge in [-0.25, -0.2) is 4.39 Å². The highest BCUT2D eigenvalue weighted by Crippen LogP contribution is 2.28. The molecule has 0 aliphatic rings. The number of hydrogen-bond acceptors (Lipinski definition) is 2. The Hall–Kier alpha value is -1.39. The number of benzene rings is 2. The van der Waals surface area contributed by atoms with Crippen molar-refractivity contribution in [2.45, 2.75) is 13.0 Å². The molecule has 18 heavy (non-hydrogen) atoms. The van der Waals surface area contributed by atoms with E-state index in [9.17, 15) is 4.39 Å². The quantitative estimate of drug-likeness (QED) is 0.912. The van der Waals surface area contributed by atoms with Crippen LogP contribution < -0.4 is 10.5 Å². The molecule has 0 radical (unpaired) electrons. The van der Waals surface area contributed by atoms with E-state index in [0.29, 0.717) is 5.75 Å². The lowest BCUT2D eigenvalue weighted by Crippen LogP contribution is -2.04. The van der Waals surface area contributed by atoms with Crippen LogP contribution in [-0.2, 0) is 0 Å². The normalized spacial score (nSPS) is 12.2. The van der Waals surface area contributed by atoms with E-state index < -0.39 is 5.82 Å². The highest BCUT2D eigenvalue weighted by atomic mass is 79.9. The first-order valence-corrected chi connectivity index (χ1v) is 6.34. The van der Waals surface area contributed by atoms with Crippen molar-refractivity contribution in [3.8, 4) is 11.5 Å². The van der Waals surface area contributed by atoms with Crippen molar-refractivity contribution >= 4 is 15.9 Å². The van der Waals surface area contributed by atoms with Gasteiger partial charge in [0.15, 0.2) is 11.6 Å². The van der Waals surface area contributed by atoms with Crippen molar-refractivity contribution in [3.63, 3.8) is 0 Å². The van der Waals surface area contributed by atoms with Crippen LogP contribution in [0, 0.1) is 5.82 Å². The lowest BCUT2D eigenvalue weighted by molar-refractivity contribution is 0.441. The zero-order valence-corrected chi connectivity index (χ0v) is 11.4. The van der Waals surface area contributed by atoms with Crippen LogP contribution in [0.15, 0.2) is 46.9 Å². The first kappa shape index (κ1) is 13.1. The molecule has 0 saturated carbocycles. The number of nitrogens with two attached hydrogens (primary N) is 1. The molecule has 0 spiro atoms. The van der Waals surface area contributed by atoms with Gasteiger partial charge in [0.25, 0.3) is 0 Å². The second-order valence-electron chi connectivity index (χ2n) is 4.03. The Morgan fingerprint density at radius 1 is 1.17 bits per heavy atom. The molecule has 2 N–H and O–H groups in total. The Kier molecular flexibility index (Phi) is 3.99. The SMILES string of the molecule is CC(N)c1ccc(Oc2cc(Br)ccc2F)cc1. The fourth-order valence-corrected chi connectivity index (χ4v) is 1.86. The van der Waals surface area contributed by atoms with E-state index in [1.807, 2.05) is 19.1 Å². The van der Waals surface area contributed by atoms with E-state index in [4.69, 9.17) is 10.5 Å². The Balaban J connectivity index is 2.21. The third-order valence-electron chi connectivity index (χ3n) is 2.53. The van der Waals surface area contributed by atoms with Gasteiger partial charge in [-0.05, 0) is 42.8 Å². The van der Waals surface area contributed by atoms with Crippen LogP contribution in [0.5, 0.6) is 11.5 Å². The molecule has 2 rings (SSSR count). The summed E-state index contributed by atoms with van der Waals surface area (Å²) in [7, 11) is 0. The fourth-order valence-electron chi connectivity index (χ4n) is 1.52. The molecule has 0 saturated heterocycles. The third-order valence-corrected chi connectivity index (χ3v) is 3.02. The van der Waals surface area contributed by atoms with Gasteiger partial charge in [0.05, 0.1) is 0 Å². The molecule has 2 aromatic carbocycles. The molecule has 1 unspecified atom stereocenters. The lowest BCUT2D eigenvalue weighted by atomic mass is 10.1. The summed E-state index contributed by atoms with van der Waals surface area (Å²) in [4.78, 5) is 0. The summed E-state index contributed by atoms with van der Waals surface area (Å²) in [6.45, 7) is 1.91. The highest BCUT2D eigenvalue weighted by molar-refractivity contribution is 9.10. The monoisotopic (exact) mass is 309 g/mol. The summed E-state index contributed by atoms with van der Waals surface area (Å²) in [5.41, 5.74) is 6.76. The minimum atomic E-state index is -0.394. The smallest absolute Gasteiger partial charge is 0.165 e. The topological polar surface area (TPSA) is 35.2 Å². The lowest BCUT2D eigenvalue weighted by Gasteiger charge is -2.09. The van der Waals surface area contributed by atoms with E-state index >= 15 is 0 Å². The molecule has 0 heterocycles. The number of halogens is 2. The number of ether oxygens (including phenoxy) is 1. The summed E-state index contributed by atoms with van der Waals surface area (Å²) in [5.74, 6) is 0.379. The summed E-state index contributed by atoms with van der Waals surface area (Å²) < 4.78 is 19.7. The third kappa shape index (κ3) is 3.09. The van der Waals surface area contributed by atoms with Crippen LogP contribution in [-0.4, -0.2) is 0 Å². The number of rotatable bonds is 3. The van der Waals surface area contributed by atoms with Gasteiger partial charge in [0.1, 0.15) is 5.75 Å². The van der Waals surface area contributed by atoms with Crippen molar-refractivity contribution in [2.75, 3.05) is 0 Å². The first-order chi connectivity index (χ1) is 8.56. The van der Waals surface area contributed by atoms with Gasteiger partial charge in [0, 0.05) is 10.5 Å². The molecule has 94 valence electrons. The molecule has 2 nitrogen and oxygen atoms in total. The molecule has 0 fully saturated rings. The largest absolute Gasteiger partial charge is 0.454 e. The van der Waals surface area contributed by atoms with Crippen molar-refractivity contribution in [1.29, 1.82) is 0 Å². The van der Waals surface area contributed by atoms with E-state index in [2.05, 4.69) is 15.9 Å². The predicted molar refractivity (Wildman–Crippen MR) is 73.2 cm³/mol. The molecule has 0 bridgehead atoms. The van der Waals surface area contributed by atoms with Crippen LogP contribution in [0.1, 0.15) is 18.5 Å². The minimum absolute atomic E-state index is 0.0262. The Morgan fingerprint density at radius 2 is 1.83 bits per heavy atom. The summed E-state index contributed by atoms with van der Waals surface area (Å²) >= 11 is 3.28. The maximum Gasteiger partial charge on any atom is 0.165 e. The first-order valence-electron chi connectivity index (χ1n) is 5.54. The molecule has 0 aliphatic carbocycles. The average molecular weight is 310 g/mol. The van der Waals surface area contributed by atoms with E-state index in [0.717, 1.165) is 10.0 Å². The summed E-state index contributed by atoms with van der Waals surface area (Å²) in [5, 5.41) is 0. The van der Waals surface area contributed by atoms with Crippen LogP contribution in [0.4, 0.5) is 4.39 Å². The van der Waals surface area contributed by atoms with Gasteiger partial charge in [-0.2, -0.15) is 0 Å². The molecular weight excluding hydrogens is 297 g/mol. The van der Waals surface area contributed by atoms with Crippen LogP contribution >= 0.6 is 15.9 Å². The zero-order valence-electron chi connectivity index (χ0n) is 9.86. The maximum atomic E-state index is 13.5. The Labute approximate surface area is 114 Å². The second kappa shape index (κ2) is 5.50. The summed E-state index contributed by atoms with van der Waals surface area (Å²) in [6, 6.07) is 11.8. The van der Waals surface area contributed by atoms with Gasteiger partial charge in [-0.1, -0.05) is 28.1 Å². The van der Waals surface area contributed by atoms with Gasteiger partial charge in [-0.15, -0.1) is 0 Å². The molecule has 0 aliphatic heterocycles. The van der Waals surface area contributed by atoms with Crippen LogP contribution in [0.25, 0.3) is 0 Å². The molecular formula is C14H13BrFNO. The maximum absolute atomic E-state index is 13.5. The minimum Gasteiger partial charge on any atom is -0.454 e. The van der Waals surface area contributed by atoms with E-state index in [-0.39, 0.29) is 11.8 Å². The van der Waals surface area contributed by atoms with Gasteiger partial charge < -0.3 is 10.5 Å². The second-order valence-corrected chi connectivity index (χ2v) is 4.95. The Bertz CT molecular complexity index is 540. The number of hydrogen-bond donors (Lipinski definition) is 1. The fraction of sp³-hybridized carbons (Fsp3) is 0.143. The highest BCUT2D eigenvalue weighted by Gasteiger charge is 2.06. The standard InChI is InChI=1S/C14H13BrFNO/c1-9(17)10-2-5-12(6-3-10)18-14-8-11(15)4-7-13(14)16/h2-9H,17H2,1H3. The van der Waals surface area contributed by atoms with Gasteiger partial charge >= 0.3 is 0 Å².